The first-order chi connectivity index (χ1) is 7.34. The summed E-state index contributed by atoms with van der Waals surface area (Å²) in [5, 5.41) is 9.29. The first kappa shape index (κ1) is 10.3. The molecule has 15 heavy (non-hydrogen) atoms. The van der Waals surface area contributed by atoms with Crippen LogP contribution >= 0.6 is 11.5 Å². The lowest BCUT2D eigenvalue weighted by Gasteiger charge is -2.10. The molecule has 2 aromatic rings. The second-order valence-electron chi connectivity index (χ2n) is 3.46. The molecule has 2 aromatic heterocycles. The molecule has 0 bridgehead atoms. The Morgan fingerprint density at radius 2 is 2.53 bits per heavy atom. The van der Waals surface area contributed by atoms with Crippen molar-refractivity contribution in [2.24, 2.45) is 0 Å². The van der Waals surface area contributed by atoms with E-state index in [9.17, 15) is 0 Å². The number of hydrogen-bond acceptors (Lipinski definition) is 5. The molecule has 2 heterocycles. The smallest absolute Gasteiger partial charge is 0.105 e. The van der Waals surface area contributed by atoms with Crippen LogP contribution in [0, 0.1) is 0 Å². The molecule has 0 aliphatic carbocycles. The van der Waals surface area contributed by atoms with E-state index in [0.29, 0.717) is 6.04 Å². The zero-order chi connectivity index (χ0) is 10.5. The summed E-state index contributed by atoms with van der Waals surface area (Å²) in [6, 6.07) is 4.27. The van der Waals surface area contributed by atoms with Gasteiger partial charge < -0.3 is 9.73 Å². The van der Waals surface area contributed by atoms with Gasteiger partial charge in [0.1, 0.15) is 5.76 Å². The molecule has 1 atom stereocenters. The molecule has 0 spiro atoms. The van der Waals surface area contributed by atoms with Gasteiger partial charge in [0.15, 0.2) is 0 Å². The molecule has 0 fully saturated rings. The molecule has 0 saturated carbocycles. The third-order valence-corrected chi connectivity index (χ3v) is 2.68. The van der Waals surface area contributed by atoms with Crippen LogP contribution in [0.1, 0.15) is 18.4 Å². The Bertz CT molecular complexity index is 371. The molecule has 4 nitrogen and oxygen atoms in total. The fraction of sp³-hybridized carbons (Fsp3) is 0.400. The molecular formula is C10H13N3OS. The fourth-order valence-corrected chi connectivity index (χ4v) is 1.79. The summed E-state index contributed by atoms with van der Waals surface area (Å²) < 4.78 is 9.08. The molecule has 0 aliphatic heterocycles. The first-order valence-electron chi connectivity index (χ1n) is 4.86. The third-order valence-electron chi connectivity index (χ3n) is 2.12. The molecule has 5 heteroatoms. The SMILES string of the molecule is CC(Cc1ccco1)NCc1csnn1. The van der Waals surface area contributed by atoms with Crippen LogP contribution in [0.5, 0.6) is 0 Å². The van der Waals surface area contributed by atoms with Crippen LogP contribution in [0.2, 0.25) is 0 Å². The predicted molar refractivity (Wildman–Crippen MR) is 58.6 cm³/mol. The van der Waals surface area contributed by atoms with E-state index in [0.717, 1.165) is 24.4 Å². The van der Waals surface area contributed by atoms with E-state index in [-0.39, 0.29) is 0 Å². The van der Waals surface area contributed by atoms with Crippen LogP contribution in [-0.2, 0) is 13.0 Å². The lowest BCUT2D eigenvalue weighted by Crippen LogP contribution is -2.27. The number of nitrogens with zero attached hydrogens (tertiary/aromatic N) is 2. The molecule has 0 radical (unpaired) electrons. The molecular weight excluding hydrogens is 210 g/mol. The van der Waals surface area contributed by atoms with Gasteiger partial charge in [-0.15, -0.1) is 5.10 Å². The van der Waals surface area contributed by atoms with Crippen LogP contribution in [-0.4, -0.2) is 15.6 Å². The van der Waals surface area contributed by atoms with Gasteiger partial charge in [-0.2, -0.15) is 0 Å². The van der Waals surface area contributed by atoms with Gasteiger partial charge >= 0.3 is 0 Å². The zero-order valence-corrected chi connectivity index (χ0v) is 9.33. The second-order valence-corrected chi connectivity index (χ2v) is 4.07. The minimum atomic E-state index is 0.373. The molecule has 1 unspecified atom stereocenters. The largest absolute Gasteiger partial charge is 0.469 e. The Morgan fingerprint density at radius 1 is 1.60 bits per heavy atom. The van der Waals surface area contributed by atoms with E-state index in [1.807, 2.05) is 17.5 Å². The van der Waals surface area contributed by atoms with Gasteiger partial charge in [0.25, 0.3) is 0 Å². The summed E-state index contributed by atoms with van der Waals surface area (Å²) in [4.78, 5) is 0. The lowest BCUT2D eigenvalue weighted by molar-refractivity contribution is 0.455. The molecule has 0 amide bonds. The van der Waals surface area contributed by atoms with Crippen molar-refractivity contribution >= 4 is 11.5 Å². The average molecular weight is 223 g/mol. The number of aromatic nitrogens is 2. The highest BCUT2D eigenvalue weighted by atomic mass is 32.1. The van der Waals surface area contributed by atoms with Crippen LogP contribution < -0.4 is 5.32 Å². The van der Waals surface area contributed by atoms with Gasteiger partial charge in [-0.25, -0.2) is 0 Å². The van der Waals surface area contributed by atoms with Crippen molar-refractivity contribution < 1.29 is 4.42 Å². The van der Waals surface area contributed by atoms with Crippen LogP contribution in [0.4, 0.5) is 0 Å². The molecule has 1 N–H and O–H groups in total. The zero-order valence-electron chi connectivity index (χ0n) is 8.51. The van der Waals surface area contributed by atoms with Gasteiger partial charge in [-0.3, -0.25) is 0 Å². The first-order valence-corrected chi connectivity index (χ1v) is 5.70. The predicted octanol–water partition coefficient (Wildman–Crippen LogP) is 1.85. The molecule has 0 aliphatic rings. The minimum absolute atomic E-state index is 0.373. The summed E-state index contributed by atoms with van der Waals surface area (Å²) in [5.41, 5.74) is 0.992. The summed E-state index contributed by atoms with van der Waals surface area (Å²) in [6.45, 7) is 2.89. The summed E-state index contributed by atoms with van der Waals surface area (Å²) in [7, 11) is 0. The summed E-state index contributed by atoms with van der Waals surface area (Å²) in [6.07, 6.45) is 2.59. The Kier molecular flexibility index (Phi) is 3.47. The van der Waals surface area contributed by atoms with Crippen LogP contribution in [0.25, 0.3) is 0 Å². The third kappa shape index (κ3) is 3.14. The molecule has 0 aromatic carbocycles. The van der Waals surface area contributed by atoms with E-state index >= 15 is 0 Å². The van der Waals surface area contributed by atoms with Gasteiger partial charge in [0, 0.05) is 24.4 Å². The number of rotatable bonds is 5. The van der Waals surface area contributed by atoms with Gasteiger partial charge in [-0.05, 0) is 30.6 Å². The average Bonchev–Trinajstić information content (AvgIpc) is 2.86. The molecule has 2 rings (SSSR count). The van der Waals surface area contributed by atoms with Crippen molar-refractivity contribution in [2.75, 3.05) is 0 Å². The maximum Gasteiger partial charge on any atom is 0.105 e. The highest BCUT2D eigenvalue weighted by Gasteiger charge is 2.05. The minimum Gasteiger partial charge on any atom is -0.469 e. The maximum absolute atomic E-state index is 5.28. The second kappa shape index (κ2) is 5.04. The highest BCUT2D eigenvalue weighted by molar-refractivity contribution is 7.03. The number of nitrogens with one attached hydrogen (secondary N) is 1. The van der Waals surface area contributed by atoms with Crippen LogP contribution in [0.3, 0.4) is 0 Å². The van der Waals surface area contributed by atoms with Gasteiger partial charge in [0.2, 0.25) is 0 Å². The van der Waals surface area contributed by atoms with E-state index in [1.165, 1.54) is 11.5 Å². The summed E-state index contributed by atoms with van der Waals surface area (Å²) in [5.74, 6) is 1.01. The van der Waals surface area contributed by atoms with Gasteiger partial charge in [0.05, 0.1) is 12.0 Å². The fourth-order valence-electron chi connectivity index (χ4n) is 1.34. The quantitative estimate of drug-likeness (QED) is 0.840. The molecule has 0 saturated heterocycles. The lowest BCUT2D eigenvalue weighted by atomic mass is 10.2. The van der Waals surface area contributed by atoms with E-state index in [2.05, 4.69) is 21.8 Å². The van der Waals surface area contributed by atoms with E-state index in [1.54, 1.807) is 6.26 Å². The Balaban J connectivity index is 1.76. The maximum atomic E-state index is 5.28. The van der Waals surface area contributed by atoms with Crippen molar-refractivity contribution in [1.29, 1.82) is 0 Å². The van der Waals surface area contributed by atoms with Crippen LogP contribution in [0.15, 0.2) is 28.2 Å². The van der Waals surface area contributed by atoms with Crippen molar-refractivity contribution in [3.8, 4) is 0 Å². The van der Waals surface area contributed by atoms with Gasteiger partial charge in [-0.1, -0.05) is 4.49 Å². The summed E-state index contributed by atoms with van der Waals surface area (Å²) >= 11 is 1.38. The van der Waals surface area contributed by atoms with Crippen molar-refractivity contribution in [3.05, 3.63) is 35.2 Å². The Labute approximate surface area is 92.5 Å². The monoisotopic (exact) mass is 223 g/mol. The van der Waals surface area contributed by atoms with Crippen molar-refractivity contribution in [1.82, 2.24) is 14.9 Å². The Morgan fingerprint density at radius 3 is 3.20 bits per heavy atom. The topological polar surface area (TPSA) is 51.0 Å². The Hall–Kier alpha value is -1.20. The highest BCUT2D eigenvalue weighted by Crippen LogP contribution is 2.04. The molecule has 80 valence electrons. The normalized spacial score (nSPS) is 12.9. The van der Waals surface area contributed by atoms with E-state index < -0.39 is 0 Å². The van der Waals surface area contributed by atoms with Crippen molar-refractivity contribution in [3.63, 3.8) is 0 Å². The standard InChI is InChI=1S/C10H13N3OS/c1-8(5-10-3-2-4-14-10)11-6-9-7-15-13-12-9/h2-4,7-8,11H,5-6H2,1H3. The van der Waals surface area contributed by atoms with Crippen molar-refractivity contribution in [2.45, 2.75) is 25.9 Å². The number of furan rings is 1. The number of hydrogen-bond donors (Lipinski definition) is 1. The van der Waals surface area contributed by atoms with E-state index in [4.69, 9.17) is 4.42 Å².